The van der Waals surface area contributed by atoms with Crippen LogP contribution < -0.4 is 0 Å². The van der Waals surface area contributed by atoms with Gasteiger partial charge in [-0.25, -0.2) is 8.42 Å². The summed E-state index contributed by atoms with van der Waals surface area (Å²) in [6, 6.07) is 6.86. The van der Waals surface area contributed by atoms with Gasteiger partial charge in [0.05, 0.1) is 4.90 Å². The van der Waals surface area contributed by atoms with Crippen molar-refractivity contribution in [3.63, 3.8) is 0 Å². The number of hydrogen-bond donors (Lipinski definition) is 0. The summed E-state index contributed by atoms with van der Waals surface area (Å²) in [6.45, 7) is 7.93. The van der Waals surface area contributed by atoms with Crippen LogP contribution in [-0.2, 0) is 10.0 Å². The molecule has 0 aliphatic rings. The van der Waals surface area contributed by atoms with E-state index in [-0.39, 0.29) is 6.54 Å². The number of rotatable bonds is 7. The van der Waals surface area contributed by atoms with Crippen LogP contribution in [-0.4, -0.2) is 25.8 Å². The van der Waals surface area contributed by atoms with Gasteiger partial charge in [0.1, 0.15) is 0 Å². The van der Waals surface area contributed by atoms with Crippen molar-refractivity contribution in [1.29, 1.82) is 0 Å². The zero-order valence-corrected chi connectivity index (χ0v) is 13.3. The molecule has 0 aliphatic heterocycles. The molecule has 112 valence electrons. The second kappa shape index (κ2) is 8.42. The number of benzene rings is 1. The Morgan fingerprint density at radius 1 is 1.24 bits per heavy atom. The largest absolute Gasteiger partial charge is 0.243 e. The van der Waals surface area contributed by atoms with Crippen LogP contribution in [0.2, 0.25) is 0 Å². The van der Waals surface area contributed by atoms with Gasteiger partial charge in [-0.1, -0.05) is 42.5 Å². The number of allylic oxidation sites excluding steroid dienone is 2. The van der Waals surface area contributed by atoms with Gasteiger partial charge < -0.3 is 0 Å². The fraction of sp³-hybridized carbons (Fsp3) is 0.235. The molecule has 1 aromatic carbocycles. The highest BCUT2D eigenvalue weighted by molar-refractivity contribution is 7.89. The normalized spacial score (nSPS) is 11.4. The maximum absolute atomic E-state index is 12.6. The Hall–Kier alpha value is -1.87. The Bertz CT molecular complexity index is 649. The van der Waals surface area contributed by atoms with Gasteiger partial charge in [-0.2, -0.15) is 4.31 Å². The summed E-state index contributed by atoms with van der Waals surface area (Å²) in [7, 11) is -3.52. The molecule has 21 heavy (non-hydrogen) atoms. The van der Waals surface area contributed by atoms with Crippen LogP contribution in [0.3, 0.4) is 0 Å². The second-order valence-corrected chi connectivity index (χ2v) is 6.40. The molecule has 1 rings (SSSR count). The summed E-state index contributed by atoms with van der Waals surface area (Å²) in [6.07, 6.45) is 8.57. The topological polar surface area (TPSA) is 37.4 Å². The summed E-state index contributed by atoms with van der Waals surface area (Å²) < 4.78 is 26.7. The van der Waals surface area contributed by atoms with Gasteiger partial charge in [0.25, 0.3) is 0 Å². The summed E-state index contributed by atoms with van der Waals surface area (Å²) in [4.78, 5) is 0.300. The van der Waals surface area contributed by atoms with E-state index in [0.717, 1.165) is 5.56 Å². The Morgan fingerprint density at radius 3 is 2.48 bits per heavy atom. The summed E-state index contributed by atoms with van der Waals surface area (Å²) in [5.41, 5.74) is 3.93. The average Bonchev–Trinajstić information content (AvgIpc) is 2.46. The molecule has 0 radical (unpaired) electrons. The van der Waals surface area contributed by atoms with Crippen molar-refractivity contribution in [2.45, 2.75) is 18.7 Å². The molecule has 0 atom stereocenters. The van der Waals surface area contributed by atoms with E-state index in [1.165, 1.54) is 4.31 Å². The molecule has 3 nitrogen and oxygen atoms in total. The van der Waals surface area contributed by atoms with Crippen LogP contribution in [0.25, 0.3) is 0 Å². The fourth-order valence-electron chi connectivity index (χ4n) is 1.68. The highest BCUT2D eigenvalue weighted by atomic mass is 32.2. The van der Waals surface area contributed by atoms with Crippen molar-refractivity contribution in [2.75, 3.05) is 13.1 Å². The summed E-state index contributed by atoms with van der Waals surface area (Å²) >= 11 is 0. The maximum atomic E-state index is 12.6. The Morgan fingerprint density at radius 2 is 1.90 bits per heavy atom. The molecule has 0 amide bonds. The van der Waals surface area contributed by atoms with Crippen LogP contribution in [0.5, 0.6) is 0 Å². The summed E-state index contributed by atoms with van der Waals surface area (Å²) in [5.74, 6) is 0. The Labute approximate surface area is 127 Å². The fourth-order valence-corrected chi connectivity index (χ4v) is 3.01. The van der Waals surface area contributed by atoms with E-state index in [9.17, 15) is 8.42 Å². The second-order valence-electron chi connectivity index (χ2n) is 4.46. The molecule has 1 aromatic rings. The number of nitrogens with zero attached hydrogens (tertiary/aromatic N) is 1. The first-order valence-electron chi connectivity index (χ1n) is 6.72. The van der Waals surface area contributed by atoms with Gasteiger partial charge in [-0.3, -0.25) is 0 Å². The molecular formula is C17H21NO2S. The van der Waals surface area contributed by atoms with E-state index in [0.29, 0.717) is 11.4 Å². The van der Waals surface area contributed by atoms with Crippen molar-refractivity contribution >= 4 is 10.0 Å². The first-order valence-corrected chi connectivity index (χ1v) is 8.16. The predicted octanol–water partition coefficient (Wildman–Crippen LogP) is 3.46. The highest BCUT2D eigenvalue weighted by Gasteiger charge is 2.22. The quantitative estimate of drug-likeness (QED) is 0.571. The van der Waals surface area contributed by atoms with Crippen LogP contribution >= 0.6 is 0 Å². The van der Waals surface area contributed by atoms with E-state index in [2.05, 4.69) is 12.3 Å². The van der Waals surface area contributed by atoms with E-state index in [1.54, 1.807) is 54.6 Å². The molecule has 0 heterocycles. The van der Waals surface area contributed by atoms with Crippen LogP contribution in [0, 0.1) is 6.92 Å². The van der Waals surface area contributed by atoms with Gasteiger partial charge in [0.15, 0.2) is 0 Å². The Kier molecular flexibility index (Phi) is 6.89. The van der Waals surface area contributed by atoms with Crippen molar-refractivity contribution < 1.29 is 8.42 Å². The van der Waals surface area contributed by atoms with E-state index in [4.69, 9.17) is 0 Å². The molecule has 0 N–H and O–H groups in total. The smallest absolute Gasteiger partial charge is 0.207 e. The molecule has 0 aromatic heterocycles. The van der Waals surface area contributed by atoms with Crippen molar-refractivity contribution in [1.82, 2.24) is 4.31 Å². The highest BCUT2D eigenvalue weighted by Crippen LogP contribution is 2.16. The minimum Gasteiger partial charge on any atom is -0.207 e. The van der Waals surface area contributed by atoms with Gasteiger partial charge in [0, 0.05) is 13.1 Å². The molecule has 0 aliphatic carbocycles. The van der Waals surface area contributed by atoms with Gasteiger partial charge in [-0.05, 0) is 38.1 Å². The lowest BCUT2D eigenvalue weighted by Crippen LogP contribution is -2.31. The third kappa shape index (κ3) is 5.20. The molecule has 0 unspecified atom stereocenters. The van der Waals surface area contributed by atoms with E-state index < -0.39 is 10.0 Å². The molecule has 0 spiro atoms. The molecule has 0 saturated heterocycles. The van der Waals surface area contributed by atoms with E-state index in [1.807, 2.05) is 13.8 Å². The van der Waals surface area contributed by atoms with Crippen molar-refractivity contribution in [2.24, 2.45) is 0 Å². The van der Waals surface area contributed by atoms with Crippen molar-refractivity contribution in [3.05, 3.63) is 72.5 Å². The predicted molar refractivity (Wildman–Crippen MR) is 87.6 cm³/mol. The molecule has 0 bridgehead atoms. The maximum Gasteiger partial charge on any atom is 0.243 e. The summed E-state index contributed by atoms with van der Waals surface area (Å²) in [5, 5.41) is 0. The van der Waals surface area contributed by atoms with Gasteiger partial charge in [-0.15, -0.1) is 5.73 Å². The molecule has 4 heteroatoms. The molecular weight excluding hydrogens is 282 g/mol. The lowest BCUT2D eigenvalue weighted by Gasteiger charge is -2.19. The average molecular weight is 303 g/mol. The minimum absolute atomic E-state index is 0.280. The molecule has 0 fully saturated rings. The van der Waals surface area contributed by atoms with Gasteiger partial charge >= 0.3 is 0 Å². The standard InChI is InChI=1S/C17H21NO2S/c1-4-6-8-14-18(15-9-7-5-2)21(19,20)17-12-10-16(3)11-13-17/h4-6,8-13H,1,14-15H2,2-3H3/b8-6+. The number of hydrogen-bond acceptors (Lipinski definition) is 2. The van der Waals surface area contributed by atoms with Crippen molar-refractivity contribution in [3.8, 4) is 0 Å². The zero-order valence-electron chi connectivity index (χ0n) is 12.5. The first-order chi connectivity index (χ1) is 10.0. The Balaban J connectivity index is 3.08. The number of aryl methyl sites for hydroxylation is 1. The van der Waals surface area contributed by atoms with Gasteiger partial charge in [0.2, 0.25) is 10.0 Å². The monoisotopic (exact) mass is 303 g/mol. The number of sulfonamides is 1. The molecule has 0 saturated carbocycles. The zero-order chi connectivity index (χ0) is 15.7. The van der Waals surface area contributed by atoms with Crippen LogP contribution in [0.1, 0.15) is 12.5 Å². The third-order valence-electron chi connectivity index (χ3n) is 2.82. The SMILES string of the molecule is C=C/C=C/CN(CC=C=CC)S(=O)(=O)c1ccc(C)cc1. The third-order valence-corrected chi connectivity index (χ3v) is 4.67. The lowest BCUT2D eigenvalue weighted by molar-refractivity contribution is 0.474. The van der Waals surface area contributed by atoms with E-state index >= 15 is 0 Å². The minimum atomic E-state index is -3.52. The van der Waals surface area contributed by atoms with Crippen LogP contribution in [0.4, 0.5) is 0 Å². The first kappa shape index (κ1) is 17.2. The van der Waals surface area contributed by atoms with Crippen LogP contribution in [0.15, 0.2) is 71.9 Å². The lowest BCUT2D eigenvalue weighted by atomic mass is 10.2.